The van der Waals surface area contributed by atoms with Gasteiger partial charge in [0.15, 0.2) is 0 Å². The van der Waals surface area contributed by atoms with E-state index in [1.165, 1.54) is 0 Å². The van der Waals surface area contributed by atoms with Gasteiger partial charge in [0.1, 0.15) is 6.42 Å². The lowest BCUT2D eigenvalue weighted by atomic mass is 10.2. The summed E-state index contributed by atoms with van der Waals surface area (Å²) in [6, 6.07) is 0. The quantitative estimate of drug-likeness (QED) is 0.282. The zero-order valence-electron chi connectivity index (χ0n) is 11.1. The Morgan fingerprint density at radius 2 is 1.53 bits per heavy atom. The number of hydrogen-bond acceptors (Lipinski definition) is 5. The van der Waals surface area contributed by atoms with E-state index < -0.39 is 18.4 Å². The van der Waals surface area contributed by atoms with Gasteiger partial charge in [0.25, 0.3) is 0 Å². The molecule has 0 spiro atoms. The number of hydrogen-bond donors (Lipinski definition) is 1. The van der Waals surface area contributed by atoms with Crippen molar-refractivity contribution < 1.29 is 29.0 Å². The van der Waals surface area contributed by atoms with Crippen LogP contribution < -0.4 is 0 Å². The molecule has 0 saturated heterocycles. The van der Waals surface area contributed by atoms with E-state index in [0.717, 1.165) is 19.3 Å². The number of carbonyl (C=O) groups is 3. The van der Waals surface area contributed by atoms with Crippen LogP contribution in [0, 0.1) is 0 Å². The smallest absolute Gasteiger partial charge is 0.333 e. The zero-order valence-corrected chi connectivity index (χ0v) is 11.1. The fraction of sp³-hybridized carbons (Fsp3) is 0.615. The topological polar surface area (TPSA) is 89.9 Å². The average Bonchev–Trinajstić information content (AvgIpc) is 2.31. The molecule has 1 N–H and O–H groups in total. The monoisotopic (exact) mass is 272 g/mol. The van der Waals surface area contributed by atoms with Crippen molar-refractivity contribution in [2.45, 2.75) is 39.0 Å². The highest BCUT2D eigenvalue weighted by atomic mass is 16.5. The summed E-state index contributed by atoms with van der Waals surface area (Å²) in [6.45, 7) is 5.63. The minimum absolute atomic E-state index is 0.220. The van der Waals surface area contributed by atoms with Crippen LogP contribution in [0.2, 0.25) is 0 Å². The normalized spacial score (nSPS) is 9.74. The summed E-state index contributed by atoms with van der Waals surface area (Å²) in [5, 5.41) is 8.32. The van der Waals surface area contributed by atoms with E-state index in [4.69, 9.17) is 14.6 Å². The molecular formula is C13H20O6. The summed E-state index contributed by atoms with van der Waals surface area (Å²) < 4.78 is 9.62. The molecule has 0 saturated carbocycles. The molecule has 6 nitrogen and oxygen atoms in total. The third-order valence-corrected chi connectivity index (χ3v) is 2.18. The molecule has 0 fully saturated rings. The molecule has 0 rings (SSSR count). The molecule has 0 unspecified atom stereocenters. The Morgan fingerprint density at radius 1 is 1.00 bits per heavy atom. The van der Waals surface area contributed by atoms with E-state index in [2.05, 4.69) is 6.58 Å². The number of ether oxygens (including phenoxy) is 2. The summed E-state index contributed by atoms with van der Waals surface area (Å²) in [7, 11) is 0. The van der Waals surface area contributed by atoms with Gasteiger partial charge in [0, 0.05) is 5.57 Å². The molecule has 0 heterocycles. The first kappa shape index (κ1) is 17.2. The molecule has 0 aromatic heterocycles. The Hall–Kier alpha value is -1.85. The van der Waals surface area contributed by atoms with Crippen LogP contribution in [0.5, 0.6) is 0 Å². The highest BCUT2D eigenvalue weighted by Gasteiger charge is 2.08. The van der Waals surface area contributed by atoms with Crippen molar-refractivity contribution in [3.8, 4) is 0 Å². The minimum Gasteiger partial charge on any atom is -0.481 e. The second kappa shape index (κ2) is 10.1. The molecule has 0 radical (unpaired) electrons. The molecule has 0 aliphatic rings. The predicted octanol–water partition coefficient (Wildman–Crippen LogP) is 1.68. The van der Waals surface area contributed by atoms with Crippen molar-refractivity contribution in [1.82, 2.24) is 0 Å². The number of unbranched alkanes of at least 4 members (excludes halogenated alkanes) is 3. The zero-order chi connectivity index (χ0) is 14.7. The van der Waals surface area contributed by atoms with Crippen molar-refractivity contribution in [3.05, 3.63) is 12.2 Å². The van der Waals surface area contributed by atoms with Crippen LogP contribution in [-0.2, 0) is 23.9 Å². The van der Waals surface area contributed by atoms with Crippen LogP contribution in [0.25, 0.3) is 0 Å². The van der Waals surface area contributed by atoms with Crippen molar-refractivity contribution in [2.75, 3.05) is 13.2 Å². The van der Waals surface area contributed by atoms with Gasteiger partial charge in [-0.05, 0) is 32.6 Å². The van der Waals surface area contributed by atoms with Crippen molar-refractivity contribution >= 4 is 17.9 Å². The maximum atomic E-state index is 11.0. The van der Waals surface area contributed by atoms with Crippen LogP contribution >= 0.6 is 0 Å². The van der Waals surface area contributed by atoms with Crippen LogP contribution in [0.1, 0.15) is 39.0 Å². The van der Waals surface area contributed by atoms with Gasteiger partial charge < -0.3 is 14.6 Å². The van der Waals surface area contributed by atoms with Crippen LogP contribution in [0.15, 0.2) is 12.2 Å². The molecule has 0 bridgehead atoms. The van der Waals surface area contributed by atoms with E-state index >= 15 is 0 Å². The van der Waals surface area contributed by atoms with E-state index in [1.54, 1.807) is 6.92 Å². The Balaban J connectivity index is 3.32. The van der Waals surface area contributed by atoms with E-state index in [-0.39, 0.29) is 12.6 Å². The standard InChI is InChI=1S/C13H20O6/c1-10(2)13(17)19-8-6-4-3-5-7-18-12(16)9-11(14)15/h1,3-9H2,2H3,(H,14,15). The lowest BCUT2D eigenvalue weighted by molar-refractivity contribution is -0.151. The highest BCUT2D eigenvalue weighted by molar-refractivity contribution is 5.90. The van der Waals surface area contributed by atoms with Crippen molar-refractivity contribution in [3.63, 3.8) is 0 Å². The molecule has 19 heavy (non-hydrogen) atoms. The van der Waals surface area contributed by atoms with Gasteiger partial charge in [-0.2, -0.15) is 0 Å². The number of carbonyl (C=O) groups excluding carboxylic acids is 2. The number of carboxylic acids is 1. The van der Waals surface area contributed by atoms with Gasteiger partial charge in [-0.3, -0.25) is 9.59 Å². The van der Waals surface area contributed by atoms with Gasteiger partial charge in [0.2, 0.25) is 0 Å². The molecule has 0 aliphatic heterocycles. The average molecular weight is 272 g/mol. The van der Waals surface area contributed by atoms with E-state index in [1.807, 2.05) is 0 Å². The first-order valence-corrected chi connectivity index (χ1v) is 6.13. The lowest BCUT2D eigenvalue weighted by Crippen LogP contribution is -2.11. The Kier molecular flexibility index (Phi) is 9.12. The summed E-state index contributed by atoms with van der Waals surface area (Å²) >= 11 is 0. The number of rotatable bonds is 10. The molecular weight excluding hydrogens is 252 g/mol. The SMILES string of the molecule is C=C(C)C(=O)OCCCCCCOC(=O)CC(=O)O. The minimum atomic E-state index is -1.19. The lowest BCUT2D eigenvalue weighted by Gasteiger charge is -2.05. The third-order valence-electron chi connectivity index (χ3n) is 2.18. The Bertz CT molecular complexity index is 334. The number of carboxylic acid groups (broad SMARTS) is 1. The van der Waals surface area contributed by atoms with Gasteiger partial charge in [0.05, 0.1) is 13.2 Å². The fourth-order valence-corrected chi connectivity index (χ4v) is 1.21. The van der Waals surface area contributed by atoms with Crippen LogP contribution in [-0.4, -0.2) is 36.2 Å². The molecule has 6 heteroatoms. The number of aliphatic carboxylic acids is 1. The van der Waals surface area contributed by atoms with Crippen LogP contribution in [0.3, 0.4) is 0 Å². The van der Waals surface area contributed by atoms with E-state index in [0.29, 0.717) is 18.6 Å². The third kappa shape index (κ3) is 11.0. The Morgan fingerprint density at radius 3 is 2.00 bits per heavy atom. The van der Waals surface area contributed by atoms with Crippen LogP contribution in [0.4, 0.5) is 0 Å². The van der Waals surface area contributed by atoms with Gasteiger partial charge in [-0.25, -0.2) is 4.79 Å². The second-order valence-electron chi connectivity index (χ2n) is 4.12. The Labute approximate surface area is 112 Å². The highest BCUT2D eigenvalue weighted by Crippen LogP contribution is 2.02. The molecule has 0 amide bonds. The first-order chi connectivity index (χ1) is 8.93. The number of esters is 2. The maximum absolute atomic E-state index is 11.0. The van der Waals surface area contributed by atoms with Gasteiger partial charge >= 0.3 is 17.9 Å². The molecule has 0 atom stereocenters. The molecule has 0 aromatic carbocycles. The van der Waals surface area contributed by atoms with Crippen molar-refractivity contribution in [2.24, 2.45) is 0 Å². The summed E-state index contributed by atoms with van der Waals surface area (Å²) in [5.74, 6) is -2.30. The van der Waals surface area contributed by atoms with E-state index in [9.17, 15) is 14.4 Å². The molecule has 0 aromatic rings. The maximum Gasteiger partial charge on any atom is 0.333 e. The summed E-state index contributed by atoms with van der Waals surface area (Å²) in [6.07, 6.45) is 2.48. The molecule has 0 aliphatic carbocycles. The second-order valence-corrected chi connectivity index (χ2v) is 4.12. The summed E-state index contributed by atoms with van der Waals surface area (Å²) in [5.41, 5.74) is 0.380. The summed E-state index contributed by atoms with van der Waals surface area (Å²) in [4.78, 5) is 32.0. The van der Waals surface area contributed by atoms with Gasteiger partial charge in [-0.15, -0.1) is 0 Å². The largest absolute Gasteiger partial charge is 0.481 e. The first-order valence-electron chi connectivity index (χ1n) is 6.13. The van der Waals surface area contributed by atoms with Crippen molar-refractivity contribution in [1.29, 1.82) is 0 Å². The molecule has 108 valence electrons. The fourth-order valence-electron chi connectivity index (χ4n) is 1.21. The van der Waals surface area contributed by atoms with Gasteiger partial charge in [-0.1, -0.05) is 6.58 Å². The predicted molar refractivity (Wildman–Crippen MR) is 67.5 cm³/mol.